The molecule has 1 aromatic rings. The van der Waals surface area contributed by atoms with E-state index in [1.54, 1.807) is 6.07 Å². The van der Waals surface area contributed by atoms with Gasteiger partial charge in [0.2, 0.25) is 10.0 Å². The third kappa shape index (κ3) is 6.70. The summed E-state index contributed by atoms with van der Waals surface area (Å²) in [5, 5.41) is 11.6. The van der Waals surface area contributed by atoms with Crippen LogP contribution in [0.1, 0.15) is 30.1 Å². The van der Waals surface area contributed by atoms with Crippen molar-refractivity contribution in [2.75, 3.05) is 50.8 Å². The maximum Gasteiger partial charge on any atom is 0.253 e. The Morgan fingerprint density at radius 2 is 1.86 bits per heavy atom. The largest absolute Gasteiger partial charge is 0.378 e. The topological polar surface area (TPSA) is 114 Å². The van der Waals surface area contributed by atoms with Crippen LogP contribution >= 0.6 is 24.8 Å². The molecule has 8 nitrogen and oxygen atoms in total. The first kappa shape index (κ1) is 25.9. The van der Waals surface area contributed by atoms with Crippen LogP contribution in [0.5, 0.6) is 0 Å². The number of ether oxygens (including phenoxy) is 1. The smallest absolute Gasteiger partial charge is 0.253 e. The van der Waals surface area contributed by atoms with Crippen LogP contribution in [0.15, 0.2) is 23.1 Å². The molecule has 0 unspecified atom stereocenters. The molecular weight excluding hydrogens is 439 g/mol. The van der Waals surface area contributed by atoms with Crippen LogP contribution in [0.25, 0.3) is 0 Å². The molecule has 1 aromatic carbocycles. The zero-order valence-electron chi connectivity index (χ0n) is 16.5. The highest BCUT2D eigenvalue weighted by molar-refractivity contribution is 7.89. The number of nitrogens with one attached hydrogen (secondary N) is 2. The van der Waals surface area contributed by atoms with E-state index in [0.717, 1.165) is 25.9 Å². The number of halogens is 2. The van der Waals surface area contributed by atoms with Crippen molar-refractivity contribution < 1.29 is 17.9 Å². The van der Waals surface area contributed by atoms with Gasteiger partial charge < -0.3 is 20.3 Å². The third-order valence-corrected chi connectivity index (χ3v) is 6.29. The van der Waals surface area contributed by atoms with Crippen molar-refractivity contribution in [3.8, 4) is 0 Å². The molecule has 2 aliphatic rings. The van der Waals surface area contributed by atoms with Gasteiger partial charge in [0.05, 0.1) is 23.7 Å². The lowest BCUT2D eigenvalue weighted by atomic mass is 9.81. The van der Waals surface area contributed by atoms with Gasteiger partial charge in [-0.2, -0.15) is 0 Å². The molecule has 11 heteroatoms. The van der Waals surface area contributed by atoms with Crippen LogP contribution in [-0.4, -0.2) is 60.3 Å². The molecule has 0 spiro atoms. The van der Waals surface area contributed by atoms with Crippen molar-refractivity contribution >= 4 is 46.4 Å². The van der Waals surface area contributed by atoms with Gasteiger partial charge in [-0.25, -0.2) is 13.6 Å². The monoisotopic (exact) mass is 468 g/mol. The van der Waals surface area contributed by atoms with Crippen molar-refractivity contribution in [2.45, 2.75) is 24.7 Å². The summed E-state index contributed by atoms with van der Waals surface area (Å²) in [6, 6.07) is 4.48. The zero-order chi connectivity index (χ0) is 19.5. The number of nitrogens with zero attached hydrogens (tertiary/aromatic N) is 1. The van der Waals surface area contributed by atoms with E-state index in [2.05, 4.69) is 17.6 Å². The van der Waals surface area contributed by atoms with Crippen LogP contribution in [0.2, 0.25) is 0 Å². The normalized spacial score (nSPS) is 18.9. The minimum Gasteiger partial charge on any atom is -0.378 e. The fraction of sp³-hybridized carbons (Fsp3) is 0.611. The number of carbonyl (C=O) groups is 1. The average molecular weight is 469 g/mol. The Kier molecular flexibility index (Phi) is 9.65. The van der Waals surface area contributed by atoms with E-state index in [1.165, 1.54) is 12.1 Å². The van der Waals surface area contributed by atoms with Crippen LogP contribution in [0.4, 0.5) is 5.69 Å². The molecule has 2 aliphatic heterocycles. The second-order valence-electron chi connectivity index (χ2n) is 7.57. The molecule has 0 atom stereocenters. The number of nitrogens with two attached hydrogens (primary N) is 1. The predicted molar refractivity (Wildman–Crippen MR) is 118 cm³/mol. The van der Waals surface area contributed by atoms with E-state index < -0.39 is 10.0 Å². The van der Waals surface area contributed by atoms with Gasteiger partial charge in [0.15, 0.2) is 0 Å². The van der Waals surface area contributed by atoms with Gasteiger partial charge in [-0.05, 0) is 49.5 Å². The van der Waals surface area contributed by atoms with Gasteiger partial charge in [0.1, 0.15) is 0 Å². The fourth-order valence-corrected chi connectivity index (χ4v) is 4.09. The number of amides is 1. The van der Waals surface area contributed by atoms with Crippen LogP contribution in [0.3, 0.4) is 0 Å². The molecule has 2 fully saturated rings. The number of piperidine rings is 1. The number of hydrogen-bond donors (Lipinski definition) is 3. The summed E-state index contributed by atoms with van der Waals surface area (Å²) in [6.45, 7) is 7.04. The molecule has 0 bridgehead atoms. The lowest BCUT2D eigenvalue weighted by Crippen LogP contribution is -2.43. The van der Waals surface area contributed by atoms with E-state index in [-0.39, 0.29) is 41.0 Å². The second-order valence-corrected chi connectivity index (χ2v) is 9.13. The Morgan fingerprint density at radius 1 is 1.24 bits per heavy atom. The van der Waals surface area contributed by atoms with Crippen molar-refractivity contribution in [2.24, 2.45) is 10.6 Å². The van der Waals surface area contributed by atoms with Gasteiger partial charge in [-0.15, -0.1) is 24.8 Å². The summed E-state index contributed by atoms with van der Waals surface area (Å²) >= 11 is 0. The number of rotatable bonds is 5. The van der Waals surface area contributed by atoms with Crippen molar-refractivity contribution in [1.29, 1.82) is 0 Å². The Morgan fingerprint density at radius 3 is 2.45 bits per heavy atom. The summed E-state index contributed by atoms with van der Waals surface area (Å²) in [4.78, 5) is 14.9. The summed E-state index contributed by atoms with van der Waals surface area (Å²) in [6.07, 6.45) is 1.97. The first-order valence-electron chi connectivity index (χ1n) is 9.27. The maximum absolute atomic E-state index is 13.0. The minimum atomic E-state index is -3.89. The number of morpholine rings is 1. The first-order chi connectivity index (χ1) is 12.8. The molecular formula is C18H30Cl2N4O4S. The van der Waals surface area contributed by atoms with Gasteiger partial charge in [-0.3, -0.25) is 4.79 Å². The summed E-state index contributed by atoms with van der Waals surface area (Å²) < 4.78 is 28.9. The second kappa shape index (κ2) is 10.8. The van der Waals surface area contributed by atoms with Crippen molar-refractivity contribution in [3.05, 3.63) is 23.8 Å². The quantitative estimate of drug-likeness (QED) is 0.596. The molecule has 0 radical (unpaired) electrons. The molecule has 2 saturated heterocycles. The molecule has 1 amide bonds. The number of sulfonamides is 1. The molecule has 0 saturated carbocycles. The SMILES string of the molecule is CC1(CNC(=O)c2cc(S(N)(=O)=O)ccc2N2CCOCC2)CCNCC1.Cl.Cl. The standard InChI is InChI=1S/C18H28N4O4S.2ClH/c1-18(4-6-20-7-5-18)13-21-17(23)15-12-14(27(19,24)25)2-3-16(15)22-8-10-26-11-9-22;;/h2-3,12,20H,4-11,13H2,1H3,(H,21,23)(H2,19,24,25);2*1H. The van der Waals surface area contributed by atoms with Crippen LogP contribution in [-0.2, 0) is 14.8 Å². The summed E-state index contributed by atoms with van der Waals surface area (Å²) in [5.74, 6) is -0.276. The highest BCUT2D eigenvalue weighted by atomic mass is 35.5. The molecule has 29 heavy (non-hydrogen) atoms. The summed E-state index contributed by atoms with van der Waals surface area (Å²) in [7, 11) is -3.89. The highest BCUT2D eigenvalue weighted by Gasteiger charge is 2.28. The van der Waals surface area contributed by atoms with E-state index in [9.17, 15) is 13.2 Å². The zero-order valence-corrected chi connectivity index (χ0v) is 18.9. The Bertz CT molecular complexity index is 795. The Balaban J connectivity index is 0.00000210. The molecule has 2 heterocycles. The fourth-order valence-electron chi connectivity index (χ4n) is 3.55. The van der Waals surface area contributed by atoms with E-state index in [4.69, 9.17) is 9.88 Å². The van der Waals surface area contributed by atoms with Gasteiger partial charge >= 0.3 is 0 Å². The molecule has 0 aromatic heterocycles. The van der Waals surface area contributed by atoms with Crippen molar-refractivity contribution in [3.63, 3.8) is 0 Å². The minimum absolute atomic E-state index is 0. The van der Waals surface area contributed by atoms with Crippen molar-refractivity contribution in [1.82, 2.24) is 10.6 Å². The Hall–Kier alpha value is -1.10. The van der Waals surface area contributed by atoms with Gasteiger partial charge in [-0.1, -0.05) is 6.92 Å². The third-order valence-electron chi connectivity index (χ3n) is 5.38. The Labute approximate surface area is 184 Å². The van der Waals surface area contributed by atoms with Crippen LogP contribution < -0.4 is 20.7 Å². The van der Waals surface area contributed by atoms with Gasteiger partial charge in [0.25, 0.3) is 5.91 Å². The lowest BCUT2D eigenvalue weighted by Gasteiger charge is -2.34. The first-order valence-corrected chi connectivity index (χ1v) is 10.8. The molecule has 166 valence electrons. The number of primary sulfonamides is 1. The molecule has 0 aliphatic carbocycles. The predicted octanol–water partition coefficient (Wildman–Crippen LogP) is 1.13. The average Bonchev–Trinajstić information content (AvgIpc) is 2.66. The number of carbonyl (C=O) groups excluding carboxylic acids is 1. The number of anilines is 1. The summed E-state index contributed by atoms with van der Waals surface area (Å²) in [5.41, 5.74) is 1.08. The highest BCUT2D eigenvalue weighted by Crippen LogP contribution is 2.28. The molecule has 3 rings (SSSR count). The van der Waals surface area contributed by atoms with Gasteiger partial charge in [0, 0.05) is 25.3 Å². The number of hydrogen-bond acceptors (Lipinski definition) is 6. The van der Waals surface area contributed by atoms with E-state index in [1.807, 2.05) is 4.90 Å². The van der Waals surface area contributed by atoms with E-state index >= 15 is 0 Å². The molecule has 4 N–H and O–H groups in total. The maximum atomic E-state index is 13.0. The van der Waals surface area contributed by atoms with E-state index in [0.29, 0.717) is 44.1 Å². The number of benzene rings is 1. The van der Waals surface area contributed by atoms with Crippen LogP contribution in [0, 0.1) is 5.41 Å². The lowest BCUT2D eigenvalue weighted by molar-refractivity contribution is 0.0920.